The number of benzene rings is 2. The van der Waals surface area contributed by atoms with Gasteiger partial charge < -0.3 is 23.7 Å². The van der Waals surface area contributed by atoms with Gasteiger partial charge in [0.15, 0.2) is 27.8 Å². The van der Waals surface area contributed by atoms with Crippen LogP contribution in [0, 0.1) is 0 Å². The maximum atomic E-state index is 14.0. The molecule has 0 bridgehead atoms. The molecule has 0 N–H and O–H groups in total. The molecule has 1 atom stereocenters. The number of ether oxygens (including phenoxy) is 5. The lowest BCUT2D eigenvalue weighted by Crippen LogP contribution is -2.40. The Morgan fingerprint density at radius 2 is 1.82 bits per heavy atom. The first-order valence-electron chi connectivity index (χ1n) is 12.2. The molecule has 11 heteroatoms. The number of hydrogen-bond acceptors (Lipinski definition) is 9. The van der Waals surface area contributed by atoms with E-state index >= 15 is 0 Å². The Balaban J connectivity index is 2.01. The molecule has 1 aliphatic heterocycles. The van der Waals surface area contributed by atoms with Crippen LogP contribution in [-0.2, 0) is 9.53 Å². The Morgan fingerprint density at radius 3 is 2.46 bits per heavy atom. The second-order valence-corrected chi connectivity index (χ2v) is 10.2. The van der Waals surface area contributed by atoms with Crippen molar-refractivity contribution in [3.8, 4) is 23.0 Å². The Hall–Kier alpha value is -3.57. The molecule has 0 amide bonds. The molecule has 0 fully saturated rings. The van der Waals surface area contributed by atoms with E-state index in [0.717, 1.165) is 0 Å². The van der Waals surface area contributed by atoms with Gasteiger partial charge in [-0.1, -0.05) is 39.4 Å². The summed E-state index contributed by atoms with van der Waals surface area (Å²) in [5.74, 6) is 1.50. The topological polar surface area (TPSA) is 97.6 Å². The van der Waals surface area contributed by atoms with Crippen LogP contribution < -0.4 is 33.8 Å². The Kier molecular flexibility index (Phi) is 8.81. The van der Waals surface area contributed by atoms with Crippen LogP contribution in [0.5, 0.6) is 23.0 Å². The zero-order valence-corrected chi connectivity index (χ0v) is 24.9. The summed E-state index contributed by atoms with van der Waals surface area (Å²) in [6, 6.07) is 8.14. The Labute approximate surface area is 238 Å². The quantitative estimate of drug-likeness (QED) is 0.335. The number of rotatable bonds is 9. The third-order valence-corrected chi connectivity index (χ3v) is 7.78. The van der Waals surface area contributed by atoms with Crippen LogP contribution in [0.3, 0.4) is 0 Å². The van der Waals surface area contributed by atoms with Crippen LogP contribution in [0.2, 0.25) is 0 Å². The summed E-state index contributed by atoms with van der Waals surface area (Å²) < 4.78 is 30.2. The van der Waals surface area contributed by atoms with E-state index in [2.05, 4.69) is 20.9 Å². The van der Waals surface area contributed by atoms with Crippen molar-refractivity contribution in [2.45, 2.75) is 26.8 Å². The normalized spacial score (nSPS) is 14.9. The van der Waals surface area contributed by atoms with Gasteiger partial charge in [-0.15, -0.1) is 0 Å². The van der Waals surface area contributed by atoms with Crippen molar-refractivity contribution >= 4 is 39.3 Å². The van der Waals surface area contributed by atoms with Gasteiger partial charge in [-0.3, -0.25) is 9.36 Å². The van der Waals surface area contributed by atoms with Crippen LogP contribution >= 0.6 is 27.3 Å². The summed E-state index contributed by atoms with van der Waals surface area (Å²) >= 11 is 4.85. The number of thiazole rings is 1. The molecule has 2 heterocycles. The average Bonchev–Trinajstić information content (AvgIpc) is 3.22. The molecule has 0 saturated heterocycles. The fraction of sp³-hybridized carbons (Fsp3) is 0.321. The number of fused-ring (bicyclic) bond motifs is 1. The highest BCUT2D eigenvalue weighted by Gasteiger charge is 2.35. The number of halogens is 1. The molecule has 0 unspecified atom stereocenters. The number of allylic oxidation sites excluding steroid dienone is 1. The SMILES string of the molecule is CCOC(=O)C1=C(C)N=c2s/c(=C/c3cccc(OC)c3OC)c(=O)n2[C@@H]1c1cc(OC)c(OCC)cc1Br. The van der Waals surface area contributed by atoms with Gasteiger partial charge >= 0.3 is 5.97 Å². The molecule has 4 rings (SSSR count). The van der Waals surface area contributed by atoms with E-state index in [-0.39, 0.29) is 17.7 Å². The molecule has 3 aromatic rings. The van der Waals surface area contributed by atoms with Gasteiger partial charge in [-0.25, -0.2) is 9.79 Å². The Bertz CT molecular complexity index is 1620. The number of para-hydroxylation sites is 1. The molecule has 0 radical (unpaired) electrons. The number of carbonyl (C=O) groups excluding carboxylic acids is 1. The minimum atomic E-state index is -0.825. The first kappa shape index (κ1) is 28.4. The van der Waals surface area contributed by atoms with Gasteiger partial charge in [0, 0.05) is 10.0 Å². The maximum Gasteiger partial charge on any atom is 0.338 e. The number of nitrogens with zero attached hydrogens (tertiary/aromatic N) is 2. The van der Waals surface area contributed by atoms with E-state index in [1.54, 1.807) is 52.3 Å². The van der Waals surface area contributed by atoms with Gasteiger partial charge in [0.05, 0.1) is 56.4 Å². The zero-order valence-electron chi connectivity index (χ0n) is 22.5. The van der Waals surface area contributed by atoms with Crippen molar-refractivity contribution in [3.05, 3.63) is 76.9 Å². The van der Waals surface area contributed by atoms with Crippen molar-refractivity contribution in [1.82, 2.24) is 4.57 Å². The molecule has 9 nitrogen and oxygen atoms in total. The zero-order chi connectivity index (χ0) is 28.3. The summed E-state index contributed by atoms with van der Waals surface area (Å²) in [5, 5.41) is 0. The molecule has 0 aliphatic carbocycles. The molecular weight excluding hydrogens is 588 g/mol. The van der Waals surface area contributed by atoms with E-state index in [1.807, 2.05) is 19.1 Å². The monoisotopic (exact) mass is 616 g/mol. The number of aromatic nitrogens is 1. The average molecular weight is 618 g/mol. The summed E-state index contributed by atoms with van der Waals surface area (Å²) in [5.41, 5.74) is 1.71. The molecule has 2 aromatic carbocycles. The first-order valence-corrected chi connectivity index (χ1v) is 13.8. The van der Waals surface area contributed by atoms with Crippen LogP contribution in [0.25, 0.3) is 6.08 Å². The van der Waals surface area contributed by atoms with E-state index < -0.39 is 12.0 Å². The predicted molar refractivity (Wildman–Crippen MR) is 152 cm³/mol. The summed E-state index contributed by atoms with van der Waals surface area (Å²) in [7, 11) is 4.64. The number of hydrogen-bond donors (Lipinski definition) is 0. The van der Waals surface area contributed by atoms with E-state index in [1.165, 1.54) is 23.0 Å². The molecular formula is C28H29BrN2O7S. The Morgan fingerprint density at radius 1 is 1.08 bits per heavy atom. The lowest BCUT2D eigenvalue weighted by atomic mass is 9.95. The lowest BCUT2D eigenvalue weighted by Gasteiger charge is -2.26. The van der Waals surface area contributed by atoms with Gasteiger partial charge in [-0.05, 0) is 50.6 Å². The van der Waals surface area contributed by atoms with Crippen LogP contribution in [-0.4, -0.2) is 45.1 Å². The van der Waals surface area contributed by atoms with Crippen molar-refractivity contribution < 1.29 is 28.5 Å². The highest BCUT2D eigenvalue weighted by molar-refractivity contribution is 9.10. The van der Waals surface area contributed by atoms with Crippen LogP contribution in [0.4, 0.5) is 0 Å². The van der Waals surface area contributed by atoms with Crippen LogP contribution in [0.15, 0.2) is 55.9 Å². The lowest BCUT2D eigenvalue weighted by molar-refractivity contribution is -0.139. The second kappa shape index (κ2) is 12.1. The largest absolute Gasteiger partial charge is 0.493 e. The summed E-state index contributed by atoms with van der Waals surface area (Å²) in [4.78, 5) is 32.3. The summed E-state index contributed by atoms with van der Waals surface area (Å²) in [6.45, 7) is 5.96. The highest BCUT2D eigenvalue weighted by Crippen LogP contribution is 2.41. The molecule has 206 valence electrons. The third-order valence-electron chi connectivity index (χ3n) is 6.11. The second-order valence-electron chi connectivity index (χ2n) is 8.34. The number of carbonyl (C=O) groups is 1. The third kappa shape index (κ3) is 5.33. The molecule has 1 aliphatic rings. The minimum absolute atomic E-state index is 0.177. The van der Waals surface area contributed by atoms with Gasteiger partial charge in [0.25, 0.3) is 5.56 Å². The fourth-order valence-corrected chi connectivity index (χ4v) is 6.02. The van der Waals surface area contributed by atoms with E-state index in [4.69, 9.17) is 23.7 Å². The first-order chi connectivity index (χ1) is 18.8. The smallest absolute Gasteiger partial charge is 0.338 e. The summed E-state index contributed by atoms with van der Waals surface area (Å²) in [6.07, 6.45) is 1.74. The van der Waals surface area contributed by atoms with Crippen molar-refractivity contribution in [3.63, 3.8) is 0 Å². The fourth-order valence-electron chi connectivity index (χ4n) is 4.44. The van der Waals surface area contributed by atoms with Crippen LogP contribution in [0.1, 0.15) is 37.9 Å². The minimum Gasteiger partial charge on any atom is -0.493 e. The van der Waals surface area contributed by atoms with E-state index in [0.29, 0.717) is 60.2 Å². The number of esters is 1. The highest BCUT2D eigenvalue weighted by atomic mass is 79.9. The van der Waals surface area contributed by atoms with Crippen molar-refractivity contribution in [1.29, 1.82) is 0 Å². The maximum absolute atomic E-state index is 14.0. The van der Waals surface area contributed by atoms with Gasteiger partial charge in [0.2, 0.25) is 0 Å². The predicted octanol–water partition coefficient (Wildman–Crippen LogP) is 3.99. The van der Waals surface area contributed by atoms with E-state index in [9.17, 15) is 9.59 Å². The molecule has 0 saturated carbocycles. The molecule has 39 heavy (non-hydrogen) atoms. The van der Waals surface area contributed by atoms with Gasteiger partial charge in [0.1, 0.15) is 0 Å². The van der Waals surface area contributed by atoms with Crippen molar-refractivity contribution in [2.24, 2.45) is 4.99 Å². The van der Waals surface area contributed by atoms with Crippen molar-refractivity contribution in [2.75, 3.05) is 34.5 Å². The number of methoxy groups -OCH3 is 3. The van der Waals surface area contributed by atoms with Gasteiger partial charge in [-0.2, -0.15) is 0 Å². The standard InChI is InChI=1S/C28H29BrN2O7S/c1-7-37-21-14-18(29)17(13-20(21)35-5)24-23(27(33)38-8-2)15(3)30-28-31(24)26(32)22(39-28)12-16-10-9-11-19(34-4)25(16)36-6/h9-14,24H,7-8H2,1-6H3/b22-12+/t24-/m1/s1. The molecule has 0 spiro atoms. The molecule has 1 aromatic heterocycles.